The lowest BCUT2D eigenvalue weighted by Crippen LogP contribution is -3.00. The Morgan fingerprint density at radius 1 is 1.27 bits per heavy atom. The number of aliphatic imine (C=N–C) groups is 1. The Bertz CT molecular complexity index is 123. The molecule has 0 unspecified atom stereocenters. The van der Waals surface area contributed by atoms with Crippen molar-refractivity contribution in [1.82, 2.24) is 0 Å². The summed E-state index contributed by atoms with van der Waals surface area (Å²) >= 11 is 0. The van der Waals surface area contributed by atoms with Crippen LogP contribution in [0.4, 0.5) is 0 Å². The molecule has 0 amide bonds. The van der Waals surface area contributed by atoms with E-state index in [-0.39, 0.29) is 29.9 Å². The zero-order chi connectivity index (χ0) is 8.20. The van der Waals surface area contributed by atoms with Crippen LogP contribution in [0.3, 0.4) is 0 Å². The maximum Gasteiger partial charge on any atom is 0.186 e. The summed E-state index contributed by atoms with van der Waals surface area (Å²) < 4.78 is 0.886. The number of hydrogen-bond donors (Lipinski definition) is 2. The Hall–Kier alpha value is -0.0400. The molecule has 4 nitrogen and oxygen atoms in total. The van der Waals surface area contributed by atoms with Crippen molar-refractivity contribution < 1.29 is 28.5 Å². The molecule has 0 aromatic heterocycles. The number of quaternary nitrogens is 1. The first kappa shape index (κ1) is 13.5. The van der Waals surface area contributed by atoms with E-state index in [0.29, 0.717) is 6.54 Å². The zero-order valence-corrected chi connectivity index (χ0v) is 9.50. The maximum atomic E-state index is 5.14. The summed E-state index contributed by atoms with van der Waals surface area (Å²) in [5.74, 6) is 0.174. The molecule has 5 heteroatoms. The van der Waals surface area contributed by atoms with Crippen LogP contribution < -0.4 is 35.4 Å². The minimum absolute atomic E-state index is 0. The van der Waals surface area contributed by atoms with E-state index in [0.717, 1.165) is 11.0 Å². The molecule has 0 rings (SSSR count). The number of nitrogens with zero attached hydrogens (tertiary/aromatic N) is 2. The van der Waals surface area contributed by atoms with Crippen molar-refractivity contribution >= 4 is 5.96 Å². The average Bonchev–Trinajstić information content (AvgIpc) is 1.59. The van der Waals surface area contributed by atoms with Crippen LogP contribution in [0, 0.1) is 0 Å². The van der Waals surface area contributed by atoms with Crippen LogP contribution in [0.15, 0.2) is 4.99 Å². The predicted octanol–water partition coefficient (Wildman–Crippen LogP) is -4.03. The number of guanidine groups is 1. The lowest BCUT2D eigenvalue weighted by molar-refractivity contribution is -0.868. The van der Waals surface area contributed by atoms with Gasteiger partial charge in [0.25, 0.3) is 0 Å². The Morgan fingerprint density at radius 3 is 2.00 bits per heavy atom. The molecule has 68 valence electrons. The minimum Gasteiger partial charge on any atom is -1.00 e. The first-order chi connectivity index (χ1) is 4.42. The molecule has 0 saturated carbocycles. The summed E-state index contributed by atoms with van der Waals surface area (Å²) in [5.41, 5.74) is 10.3. The van der Waals surface area contributed by atoms with E-state index >= 15 is 0 Å². The van der Waals surface area contributed by atoms with Crippen molar-refractivity contribution in [3.8, 4) is 0 Å². The summed E-state index contributed by atoms with van der Waals surface area (Å²) in [6.45, 7) is 1.66. The van der Waals surface area contributed by atoms with Gasteiger partial charge >= 0.3 is 0 Å². The molecule has 0 aromatic rings. The predicted molar refractivity (Wildman–Crippen MR) is 43.6 cm³/mol. The van der Waals surface area contributed by atoms with Gasteiger partial charge in [0, 0.05) is 0 Å². The highest BCUT2D eigenvalue weighted by Gasteiger charge is 2.03. The zero-order valence-electron chi connectivity index (χ0n) is 7.34. The van der Waals surface area contributed by atoms with Gasteiger partial charge in [-0.3, -0.25) is 0 Å². The Labute approximate surface area is 85.3 Å². The number of hydrogen-bond acceptors (Lipinski definition) is 1. The normalized spacial score (nSPS) is 10.1. The molecule has 0 heterocycles. The third-order valence-electron chi connectivity index (χ3n) is 1.07. The molecule has 4 N–H and O–H groups in total. The van der Waals surface area contributed by atoms with Gasteiger partial charge in [-0.25, -0.2) is 4.99 Å². The molecule has 11 heavy (non-hydrogen) atoms. The van der Waals surface area contributed by atoms with Crippen LogP contribution in [0.1, 0.15) is 0 Å². The largest absolute Gasteiger partial charge is 1.00 e. The molecule has 0 atom stereocenters. The molecular formula is C6H17IN4. The van der Waals surface area contributed by atoms with Gasteiger partial charge in [0.05, 0.1) is 34.2 Å². The van der Waals surface area contributed by atoms with Crippen LogP contribution in [0.5, 0.6) is 0 Å². The lowest BCUT2D eigenvalue weighted by atomic mass is 10.5. The van der Waals surface area contributed by atoms with E-state index in [1.807, 2.05) is 0 Å². The van der Waals surface area contributed by atoms with Crippen molar-refractivity contribution in [3.05, 3.63) is 0 Å². The van der Waals surface area contributed by atoms with Crippen molar-refractivity contribution in [2.45, 2.75) is 0 Å². The third kappa shape index (κ3) is 13.0. The van der Waals surface area contributed by atoms with Gasteiger partial charge in [-0.15, -0.1) is 0 Å². The number of halogens is 1. The first-order valence-electron chi connectivity index (χ1n) is 3.28. The molecule has 0 aliphatic carbocycles. The molecule has 0 radical (unpaired) electrons. The summed E-state index contributed by atoms with van der Waals surface area (Å²) in [4.78, 5) is 3.87. The van der Waals surface area contributed by atoms with Crippen LogP contribution in [-0.4, -0.2) is 44.7 Å². The summed E-state index contributed by atoms with van der Waals surface area (Å²) in [5, 5.41) is 0. The van der Waals surface area contributed by atoms with Crippen LogP contribution in [0.25, 0.3) is 0 Å². The van der Waals surface area contributed by atoms with E-state index in [9.17, 15) is 0 Å². The first-order valence-corrected chi connectivity index (χ1v) is 3.28. The van der Waals surface area contributed by atoms with Crippen LogP contribution in [-0.2, 0) is 0 Å². The molecule has 0 aliphatic rings. The van der Waals surface area contributed by atoms with Gasteiger partial charge in [-0.1, -0.05) is 0 Å². The van der Waals surface area contributed by atoms with Crippen molar-refractivity contribution in [2.24, 2.45) is 16.5 Å². The van der Waals surface area contributed by atoms with Crippen molar-refractivity contribution in [3.63, 3.8) is 0 Å². The van der Waals surface area contributed by atoms with Gasteiger partial charge in [0.15, 0.2) is 5.96 Å². The van der Waals surface area contributed by atoms with Crippen molar-refractivity contribution in [1.29, 1.82) is 0 Å². The Balaban J connectivity index is 0. The molecule has 0 fully saturated rings. The van der Waals surface area contributed by atoms with Crippen LogP contribution in [0.2, 0.25) is 0 Å². The summed E-state index contributed by atoms with van der Waals surface area (Å²) in [6, 6.07) is 0. The monoisotopic (exact) mass is 272 g/mol. The summed E-state index contributed by atoms with van der Waals surface area (Å²) in [7, 11) is 6.30. The lowest BCUT2D eigenvalue weighted by Gasteiger charge is -2.22. The van der Waals surface area contributed by atoms with E-state index < -0.39 is 0 Å². The minimum atomic E-state index is 0. The molecule has 0 aliphatic heterocycles. The van der Waals surface area contributed by atoms with E-state index in [1.165, 1.54) is 0 Å². The van der Waals surface area contributed by atoms with Gasteiger partial charge in [-0.05, 0) is 0 Å². The van der Waals surface area contributed by atoms with Crippen molar-refractivity contribution in [2.75, 3.05) is 34.2 Å². The fourth-order valence-corrected chi connectivity index (χ4v) is 0.479. The highest BCUT2D eigenvalue weighted by molar-refractivity contribution is 5.75. The quantitative estimate of drug-likeness (QED) is 0.238. The highest BCUT2D eigenvalue weighted by atomic mass is 127. The van der Waals surface area contributed by atoms with Crippen LogP contribution >= 0.6 is 0 Å². The number of likely N-dealkylation sites (N-methyl/N-ethyl adjacent to an activating group) is 1. The van der Waals surface area contributed by atoms with Gasteiger partial charge < -0.3 is 39.9 Å². The Morgan fingerprint density at radius 2 is 1.73 bits per heavy atom. The van der Waals surface area contributed by atoms with Gasteiger partial charge in [-0.2, -0.15) is 0 Å². The Kier molecular flexibility index (Phi) is 6.88. The topological polar surface area (TPSA) is 64.4 Å². The fraction of sp³-hybridized carbons (Fsp3) is 0.833. The SMILES string of the molecule is C[N+](C)(C)CCN=C(N)N.[I-]. The smallest absolute Gasteiger partial charge is 0.186 e. The molecule has 0 spiro atoms. The number of rotatable bonds is 3. The summed E-state index contributed by atoms with van der Waals surface area (Å²) in [6.07, 6.45) is 0. The third-order valence-corrected chi connectivity index (χ3v) is 1.07. The van der Waals surface area contributed by atoms with E-state index in [1.54, 1.807) is 0 Å². The second-order valence-electron chi connectivity index (χ2n) is 3.32. The molecule has 0 saturated heterocycles. The molecular weight excluding hydrogens is 255 g/mol. The second kappa shape index (κ2) is 5.59. The molecule has 0 aromatic carbocycles. The van der Waals surface area contributed by atoms with Gasteiger partial charge in [0.1, 0.15) is 0 Å². The average molecular weight is 272 g/mol. The second-order valence-corrected chi connectivity index (χ2v) is 3.32. The standard InChI is InChI=1S/C6H17N4.HI/c1-10(2,3)5-4-9-6(7)8;/h4-5H2,1-3H3,(H4,7,8,9);1H/q+1;/p-1. The van der Waals surface area contributed by atoms with E-state index in [2.05, 4.69) is 26.1 Å². The maximum absolute atomic E-state index is 5.14. The van der Waals surface area contributed by atoms with E-state index in [4.69, 9.17) is 11.5 Å². The highest BCUT2D eigenvalue weighted by Crippen LogP contribution is 1.87. The van der Waals surface area contributed by atoms with Gasteiger partial charge in [0.2, 0.25) is 0 Å². The number of nitrogens with two attached hydrogens (primary N) is 2. The fourth-order valence-electron chi connectivity index (χ4n) is 0.479. The molecule has 0 bridgehead atoms.